The topological polar surface area (TPSA) is 58.6 Å². The van der Waals surface area contributed by atoms with Gasteiger partial charge in [0, 0.05) is 12.7 Å². The van der Waals surface area contributed by atoms with E-state index in [2.05, 4.69) is 5.32 Å². The first-order valence-electron chi connectivity index (χ1n) is 5.49. The Kier molecular flexibility index (Phi) is 3.28. The normalized spacial score (nSPS) is 23.6. The predicted molar refractivity (Wildman–Crippen MR) is 59.4 cm³/mol. The van der Waals surface area contributed by atoms with Crippen LogP contribution in [0.5, 0.6) is 5.75 Å². The van der Waals surface area contributed by atoms with Crippen molar-refractivity contribution in [1.29, 1.82) is 0 Å². The Bertz CT molecular complexity index is 436. The van der Waals surface area contributed by atoms with Gasteiger partial charge in [-0.2, -0.15) is 0 Å². The number of nitrogens with one attached hydrogen (secondary N) is 1. The molecule has 1 aromatic carbocycles. The molecule has 1 saturated heterocycles. The molecule has 0 bridgehead atoms. The van der Waals surface area contributed by atoms with Gasteiger partial charge < -0.3 is 15.2 Å². The molecule has 0 aliphatic carbocycles. The van der Waals surface area contributed by atoms with Crippen molar-refractivity contribution in [2.24, 2.45) is 0 Å². The highest BCUT2D eigenvalue weighted by Gasteiger charge is 2.26. The average molecular weight is 239 g/mol. The third kappa shape index (κ3) is 2.55. The summed E-state index contributed by atoms with van der Waals surface area (Å²) in [7, 11) is 0. The summed E-state index contributed by atoms with van der Waals surface area (Å²) >= 11 is 0. The van der Waals surface area contributed by atoms with E-state index in [1.54, 1.807) is 0 Å². The summed E-state index contributed by atoms with van der Waals surface area (Å²) in [6.45, 7) is 2.47. The minimum atomic E-state index is -0.728. The van der Waals surface area contributed by atoms with Crippen LogP contribution in [0.25, 0.3) is 0 Å². The summed E-state index contributed by atoms with van der Waals surface area (Å²) in [5.41, 5.74) is -0.0677. The van der Waals surface area contributed by atoms with Crippen molar-refractivity contribution in [2.75, 3.05) is 6.61 Å². The van der Waals surface area contributed by atoms with E-state index in [9.17, 15) is 9.18 Å². The minimum Gasteiger partial charge on any atom is -0.508 e. The second kappa shape index (κ2) is 4.71. The highest BCUT2D eigenvalue weighted by Crippen LogP contribution is 2.17. The van der Waals surface area contributed by atoms with E-state index in [4.69, 9.17) is 9.84 Å². The molecule has 1 aromatic rings. The average Bonchev–Trinajstić information content (AvgIpc) is 2.64. The summed E-state index contributed by atoms with van der Waals surface area (Å²) in [5, 5.41) is 11.8. The van der Waals surface area contributed by atoms with Crippen molar-refractivity contribution < 1.29 is 19.0 Å². The lowest BCUT2D eigenvalue weighted by Crippen LogP contribution is -2.39. The molecule has 4 nitrogen and oxygen atoms in total. The molecule has 0 spiro atoms. The van der Waals surface area contributed by atoms with E-state index in [-0.39, 0.29) is 23.5 Å². The van der Waals surface area contributed by atoms with Gasteiger partial charge in [0.15, 0.2) is 0 Å². The first-order chi connectivity index (χ1) is 8.08. The third-order valence-electron chi connectivity index (χ3n) is 2.89. The molecule has 92 valence electrons. The maximum Gasteiger partial charge on any atom is 0.254 e. The SMILES string of the molecule is C[C@@H]1OCC[C@H]1NC(=O)c1ccc(O)cc1F. The van der Waals surface area contributed by atoms with Crippen molar-refractivity contribution >= 4 is 5.91 Å². The number of phenolic OH excluding ortho intramolecular Hbond substituents is 1. The van der Waals surface area contributed by atoms with Crippen LogP contribution in [0.15, 0.2) is 18.2 Å². The summed E-state index contributed by atoms with van der Waals surface area (Å²) in [5.74, 6) is -1.41. The zero-order valence-electron chi connectivity index (χ0n) is 9.44. The number of hydrogen-bond donors (Lipinski definition) is 2. The molecule has 0 saturated carbocycles. The van der Waals surface area contributed by atoms with Crippen molar-refractivity contribution in [3.05, 3.63) is 29.6 Å². The Morgan fingerprint density at radius 2 is 2.35 bits per heavy atom. The highest BCUT2D eigenvalue weighted by molar-refractivity contribution is 5.94. The number of hydrogen-bond acceptors (Lipinski definition) is 3. The van der Waals surface area contributed by atoms with Gasteiger partial charge in [0.05, 0.1) is 17.7 Å². The quantitative estimate of drug-likeness (QED) is 0.821. The molecular weight excluding hydrogens is 225 g/mol. The van der Waals surface area contributed by atoms with Crippen LogP contribution in [0.3, 0.4) is 0 Å². The molecule has 1 fully saturated rings. The number of carbonyl (C=O) groups is 1. The van der Waals surface area contributed by atoms with Crippen LogP contribution in [0, 0.1) is 5.82 Å². The fourth-order valence-electron chi connectivity index (χ4n) is 1.86. The molecule has 0 radical (unpaired) electrons. The molecule has 1 heterocycles. The highest BCUT2D eigenvalue weighted by atomic mass is 19.1. The van der Waals surface area contributed by atoms with E-state index in [0.717, 1.165) is 12.5 Å². The molecule has 1 aliphatic rings. The Morgan fingerprint density at radius 3 is 2.94 bits per heavy atom. The molecule has 1 amide bonds. The number of rotatable bonds is 2. The van der Waals surface area contributed by atoms with E-state index in [1.807, 2.05) is 6.92 Å². The lowest BCUT2D eigenvalue weighted by molar-refractivity contribution is 0.0862. The Balaban J connectivity index is 2.09. The minimum absolute atomic E-state index is 0.0564. The third-order valence-corrected chi connectivity index (χ3v) is 2.89. The molecule has 0 unspecified atom stereocenters. The number of phenols is 1. The molecule has 2 atom stereocenters. The first kappa shape index (κ1) is 11.9. The largest absolute Gasteiger partial charge is 0.508 e. The molecule has 5 heteroatoms. The van der Waals surface area contributed by atoms with E-state index in [0.29, 0.717) is 6.61 Å². The number of benzene rings is 1. The van der Waals surface area contributed by atoms with Crippen molar-refractivity contribution in [1.82, 2.24) is 5.32 Å². The number of amides is 1. The lowest BCUT2D eigenvalue weighted by Gasteiger charge is -2.16. The molecule has 2 N–H and O–H groups in total. The first-order valence-corrected chi connectivity index (χ1v) is 5.49. The van der Waals surface area contributed by atoms with Crippen molar-refractivity contribution in [2.45, 2.75) is 25.5 Å². The van der Waals surface area contributed by atoms with Gasteiger partial charge >= 0.3 is 0 Å². The number of carbonyl (C=O) groups excluding carboxylic acids is 1. The zero-order chi connectivity index (χ0) is 12.4. The monoisotopic (exact) mass is 239 g/mol. The number of halogens is 1. The Labute approximate surface area is 98.4 Å². The zero-order valence-corrected chi connectivity index (χ0v) is 9.44. The van der Waals surface area contributed by atoms with Gasteiger partial charge in [-0.15, -0.1) is 0 Å². The van der Waals surface area contributed by atoms with E-state index < -0.39 is 11.7 Å². The van der Waals surface area contributed by atoms with Crippen molar-refractivity contribution in [3.8, 4) is 5.75 Å². The van der Waals surface area contributed by atoms with E-state index >= 15 is 0 Å². The fourth-order valence-corrected chi connectivity index (χ4v) is 1.86. The molecular formula is C12H14FNO3. The number of ether oxygens (including phenoxy) is 1. The summed E-state index contributed by atoms with van der Waals surface area (Å²) < 4.78 is 18.7. The maximum absolute atomic E-state index is 13.4. The van der Waals surface area contributed by atoms with Gasteiger partial charge in [-0.25, -0.2) is 4.39 Å². The fraction of sp³-hybridized carbons (Fsp3) is 0.417. The van der Waals surface area contributed by atoms with Crippen LogP contribution in [-0.2, 0) is 4.74 Å². The van der Waals surface area contributed by atoms with Gasteiger partial charge in [-0.1, -0.05) is 0 Å². The number of aromatic hydroxyl groups is 1. The van der Waals surface area contributed by atoms with Gasteiger partial charge in [0.2, 0.25) is 0 Å². The van der Waals surface area contributed by atoms with Crippen LogP contribution in [0.4, 0.5) is 4.39 Å². The summed E-state index contributed by atoms with van der Waals surface area (Å²) in [6, 6.07) is 3.38. The van der Waals surface area contributed by atoms with Crippen LogP contribution < -0.4 is 5.32 Å². The van der Waals surface area contributed by atoms with Crippen LogP contribution in [-0.4, -0.2) is 29.8 Å². The predicted octanol–water partition coefficient (Wildman–Crippen LogP) is 1.44. The van der Waals surface area contributed by atoms with E-state index in [1.165, 1.54) is 12.1 Å². The molecule has 1 aliphatic heterocycles. The molecule has 0 aromatic heterocycles. The second-order valence-corrected chi connectivity index (χ2v) is 4.11. The van der Waals surface area contributed by atoms with Crippen LogP contribution in [0.1, 0.15) is 23.7 Å². The standard InChI is InChI=1S/C12H14FNO3/c1-7-11(4-5-17-7)14-12(16)9-3-2-8(15)6-10(9)13/h2-3,6-7,11,15H,4-5H2,1H3,(H,14,16)/t7-,11+/m0/s1. The van der Waals surface area contributed by atoms with Crippen LogP contribution in [0.2, 0.25) is 0 Å². The van der Waals surface area contributed by atoms with Crippen molar-refractivity contribution in [3.63, 3.8) is 0 Å². The van der Waals surface area contributed by atoms with Gasteiger partial charge in [0.25, 0.3) is 5.91 Å². The summed E-state index contributed by atoms with van der Waals surface area (Å²) in [4.78, 5) is 11.8. The van der Waals surface area contributed by atoms with Gasteiger partial charge in [-0.05, 0) is 25.5 Å². The molecule has 2 rings (SSSR count). The summed E-state index contributed by atoms with van der Waals surface area (Å²) in [6.07, 6.45) is 0.672. The maximum atomic E-state index is 13.4. The second-order valence-electron chi connectivity index (χ2n) is 4.11. The smallest absolute Gasteiger partial charge is 0.254 e. The Hall–Kier alpha value is -1.62. The Morgan fingerprint density at radius 1 is 1.59 bits per heavy atom. The van der Waals surface area contributed by atoms with Gasteiger partial charge in [-0.3, -0.25) is 4.79 Å². The van der Waals surface area contributed by atoms with Crippen LogP contribution >= 0.6 is 0 Å². The lowest BCUT2D eigenvalue weighted by atomic mass is 10.1. The molecule has 17 heavy (non-hydrogen) atoms. The van der Waals surface area contributed by atoms with Gasteiger partial charge in [0.1, 0.15) is 11.6 Å².